The highest BCUT2D eigenvalue weighted by Crippen LogP contribution is 2.30. The fraction of sp³-hybridized carbons (Fsp3) is 0.647. The lowest BCUT2D eigenvalue weighted by Crippen LogP contribution is -2.35. The van der Waals surface area contributed by atoms with Gasteiger partial charge >= 0.3 is 0 Å². The van der Waals surface area contributed by atoms with Crippen LogP contribution in [0.1, 0.15) is 36.2 Å². The number of hydrogen-bond acceptors (Lipinski definition) is 5. The number of fused-ring (bicyclic) bond motifs is 1. The number of rotatable bonds is 4. The molecule has 130 valence electrons. The van der Waals surface area contributed by atoms with Crippen molar-refractivity contribution in [2.24, 2.45) is 13.0 Å². The maximum Gasteiger partial charge on any atom is 0.137 e. The summed E-state index contributed by atoms with van der Waals surface area (Å²) in [6, 6.07) is 2.22. The van der Waals surface area contributed by atoms with Crippen molar-refractivity contribution in [2.45, 2.75) is 38.6 Å². The summed E-state index contributed by atoms with van der Waals surface area (Å²) in [5.74, 6) is 1.07. The Bertz CT molecular complexity index is 662. The van der Waals surface area contributed by atoms with Gasteiger partial charge in [-0.1, -0.05) is 0 Å². The Morgan fingerprint density at radius 3 is 2.88 bits per heavy atom. The van der Waals surface area contributed by atoms with E-state index in [4.69, 9.17) is 5.10 Å². The van der Waals surface area contributed by atoms with Crippen LogP contribution in [0.2, 0.25) is 0 Å². The molecule has 24 heavy (non-hydrogen) atoms. The van der Waals surface area contributed by atoms with Crippen LogP contribution in [0, 0.1) is 5.92 Å². The molecule has 2 N–H and O–H groups in total. The number of aliphatic hydroxyl groups is 1. The van der Waals surface area contributed by atoms with E-state index in [0.29, 0.717) is 5.92 Å². The number of aryl methyl sites for hydroxylation is 1. The van der Waals surface area contributed by atoms with E-state index in [2.05, 4.69) is 25.9 Å². The van der Waals surface area contributed by atoms with Crippen LogP contribution in [0.25, 0.3) is 0 Å². The van der Waals surface area contributed by atoms with Gasteiger partial charge in [-0.15, -0.1) is 0 Å². The SMILES string of the molecule is Cn1ccnc1[C@H](O)C1CCN(Cc2cc3n(n2)CCNC3)CC1. The van der Waals surface area contributed by atoms with Crippen molar-refractivity contribution in [3.8, 4) is 0 Å². The lowest BCUT2D eigenvalue weighted by atomic mass is 9.90. The Labute approximate surface area is 142 Å². The largest absolute Gasteiger partial charge is 0.385 e. The van der Waals surface area contributed by atoms with Crippen LogP contribution >= 0.6 is 0 Å². The van der Waals surface area contributed by atoms with E-state index < -0.39 is 6.10 Å². The first kappa shape index (κ1) is 15.8. The van der Waals surface area contributed by atoms with Crippen molar-refractivity contribution < 1.29 is 5.11 Å². The third kappa shape index (κ3) is 3.11. The van der Waals surface area contributed by atoms with Crippen molar-refractivity contribution in [2.75, 3.05) is 19.6 Å². The predicted molar refractivity (Wildman–Crippen MR) is 90.1 cm³/mol. The van der Waals surface area contributed by atoms with Crippen LogP contribution in [-0.4, -0.2) is 49.0 Å². The number of piperidine rings is 1. The van der Waals surface area contributed by atoms with E-state index in [1.54, 1.807) is 6.20 Å². The van der Waals surface area contributed by atoms with Gasteiger partial charge in [0.1, 0.15) is 11.9 Å². The second kappa shape index (κ2) is 6.66. The molecule has 4 heterocycles. The van der Waals surface area contributed by atoms with Gasteiger partial charge in [-0.05, 0) is 37.9 Å². The van der Waals surface area contributed by atoms with Gasteiger partial charge in [0, 0.05) is 39.1 Å². The van der Waals surface area contributed by atoms with Gasteiger partial charge < -0.3 is 15.0 Å². The quantitative estimate of drug-likeness (QED) is 0.862. The highest BCUT2D eigenvalue weighted by molar-refractivity contribution is 5.12. The lowest BCUT2D eigenvalue weighted by molar-refractivity contribution is 0.0488. The van der Waals surface area contributed by atoms with E-state index in [-0.39, 0.29) is 0 Å². The summed E-state index contributed by atoms with van der Waals surface area (Å²) in [6.45, 7) is 5.81. The van der Waals surface area contributed by atoms with E-state index in [1.165, 1.54) is 5.69 Å². The molecule has 0 saturated carbocycles. The molecule has 2 aliphatic heterocycles. The van der Waals surface area contributed by atoms with Gasteiger partial charge in [0.2, 0.25) is 0 Å². The van der Waals surface area contributed by atoms with Gasteiger partial charge in [-0.25, -0.2) is 4.98 Å². The molecule has 1 saturated heterocycles. The Morgan fingerprint density at radius 1 is 1.33 bits per heavy atom. The highest BCUT2D eigenvalue weighted by Gasteiger charge is 2.28. The molecule has 1 atom stereocenters. The maximum atomic E-state index is 10.6. The number of aromatic nitrogens is 4. The van der Waals surface area contributed by atoms with Crippen molar-refractivity contribution in [3.05, 3.63) is 35.7 Å². The van der Waals surface area contributed by atoms with Crippen LogP contribution in [-0.2, 0) is 26.7 Å². The number of likely N-dealkylation sites (tertiary alicyclic amines) is 1. The van der Waals surface area contributed by atoms with Crippen LogP contribution in [0.5, 0.6) is 0 Å². The van der Waals surface area contributed by atoms with Gasteiger partial charge in [0.25, 0.3) is 0 Å². The minimum atomic E-state index is -0.460. The third-order valence-electron chi connectivity index (χ3n) is 5.31. The molecule has 7 heteroatoms. The molecule has 0 aliphatic carbocycles. The van der Waals surface area contributed by atoms with E-state index >= 15 is 0 Å². The molecule has 0 spiro atoms. The van der Waals surface area contributed by atoms with Gasteiger partial charge in [-0.2, -0.15) is 5.10 Å². The number of nitrogens with zero attached hydrogens (tertiary/aromatic N) is 5. The summed E-state index contributed by atoms with van der Waals surface area (Å²) in [5, 5.41) is 18.7. The Morgan fingerprint density at radius 2 is 2.17 bits per heavy atom. The maximum absolute atomic E-state index is 10.6. The molecule has 0 bridgehead atoms. The van der Waals surface area contributed by atoms with E-state index in [1.807, 2.05) is 17.8 Å². The van der Waals surface area contributed by atoms with E-state index in [0.717, 1.165) is 63.6 Å². The third-order valence-corrected chi connectivity index (χ3v) is 5.31. The van der Waals surface area contributed by atoms with Crippen LogP contribution in [0.15, 0.2) is 18.5 Å². The zero-order valence-electron chi connectivity index (χ0n) is 14.2. The number of nitrogens with one attached hydrogen (secondary N) is 1. The van der Waals surface area contributed by atoms with Crippen molar-refractivity contribution in [1.82, 2.24) is 29.5 Å². The van der Waals surface area contributed by atoms with Crippen LogP contribution in [0.4, 0.5) is 0 Å². The summed E-state index contributed by atoms with van der Waals surface area (Å²) in [5.41, 5.74) is 2.45. The molecule has 0 unspecified atom stereocenters. The van der Waals surface area contributed by atoms with Gasteiger partial charge in [-0.3, -0.25) is 9.58 Å². The van der Waals surface area contributed by atoms with Crippen molar-refractivity contribution in [1.29, 1.82) is 0 Å². The standard InChI is InChI=1S/C17H26N6O/c1-21-8-5-19-17(21)16(24)13-2-6-22(7-3-13)12-14-10-15-11-18-4-9-23(15)20-14/h5,8,10,13,16,18,24H,2-4,6-7,9,11-12H2,1H3/t16-/m1/s1. The van der Waals surface area contributed by atoms with Crippen molar-refractivity contribution >= 4 is 0 Å². The number of hydrogen-bond donors (Lipinski definition) is 2. The molecule has 0 radical (unpaired) electrons. The van der Waals surface area contributed by atoms with Crippen LogP contribution < -0.4 is 5.32 Å². The second-order valence-corrected chi connectivity index (χ2v) is 6.98. The highest BCUT2D eigenvalue weighted by atomic mass is 16.3. The lowest BCUT2D eigenvalue weighted by Gasteiger charge is -2.33. The number of aliphatic hydroxyl groups excluding tert-OH is 1. The van der Waals surface area contributed by atoms with Gasteiger partial charge in [0.15, 0.2) is 0 Å². The molecule has 0 aromatic carbocycles. The minimum absolute atomic E-state index is 0.293. The zero-order chi connectivity index (χ0) is 16.5. The topological polar surface area (TPSA) is 71.1 Å². The first-order chi connectivity index (χ1) is 11.7. The molecule has 0 amide bonds. The Balaban J connectivity index is 1.33. The average Bonchev–Trinajstić information content (AvgIpc) is 3.20. The van der Waals surface area contributed by atoms with Gasteiger partial charge in [0.05, 0.1) is 17.9 Å². The molecule has 2 aromatic heterocycles. The van der Waals surface area contributed by atoms with E-state index in [9.17, 15) is 5.11 Å². The average molecular weight is 330 g/mol. The second-order valence-electron chi connectivity index (χ2n) is 6.98. The summed E-state index contributed by atoms with van der Waals surface area (Å²) in [6.07, 6.45) is 5.19. The molecule has 2 aromatic rings. The summed E-state index contributed by atoms with van der Waals surface area (Å²) >= 11 is 0. The monoisotopic (exact) mass is 330 g/mol. The summed E-state index contributed by atoms with van der Waals surface area (Å²) in [4.78, 5) is 6.74. The van der Waals surface area contributed by atoms with Crippen molar-refractivity contribution in [3.63, 3.8) is 0 Å². The predicted octanol–water partition coefficient (Wildman–Crippen LogP) is 0.665. The number of imidazole rings is 1. The normalized spacial score (nSPS) is 20.9. The fourth-order valence-corrected chi connectivity index (χ4v) is 3.86. The van der Waals surface area contributed by atoms with Crippen LogP contribution in [0.3, 0.4) is 0 Å². The molecular weight excluding hydrogens is 304 g/mol. The molecule has 2 aliphatic rings. The molecule has 1 fully saturated rings. The summed E-state index contributed by atoms with van der Waals surface area (Å²) in [7, 11) is 1.94. The summed E-state index contributed by atoms with van der Waals surface area (Å²) < 4.78 is 4.05. The zero-order valence-corrected chi connectivity index (χ0v) is 14.2. The first-order valence-corrected chi connectivity index (χ1v) is 8.84. The molecule has 4 rings (SSSR count). The minimum Gasteiger partial charge on any atom is -0.385 e. The Hall–Kier alpha value is -1.70. The first-order valence-electron chi connectivity index (χ1n) is 8.84. The fourth-order valence-electron chi connectivity index (χ4n) is 3.86. The Kier molecular flexibility index (Phi) is 4.39. The smallest absolute Gasteiger partial charge is 0.137 e. The molecule has 7 nitrogen and oxygen atoms in total. The molecular formula is C17H26N6O.